The van der Waals surface area contributed by atoms with Gasteiger partial charge in [0.1, 0.15) is 5.69 Å². The highest BCUT2D eigenvalue weighted by Gasteiger charge is 2.23. The molecular formula is C11H12N6O4. The molecule has 0 saturated heterocycles. The summed E-state index contributed by atoms with van der Waals surface area (Å²) in [7, 11) is 2.98. The molecule has 2 aromatic rings. The van der Waals surface area contributed by atoms with Crippen molar-refractivity contribution in [2.75, 3.05) is 5.32 Å². The molecule has 10 heteroatoms. The number of primary amides is 1. The highest BCUT2D eigenvalue weighted by atomic mass is 16.4. The standard InChI is InChI=1S/C11H12N6O4/c1-16-4-5(7(15-16)11(20)21)10(19)14-6-3-13-17(2)8(6)9(12)18/h3-4H,1-2H3,(H2,12,18)(H,14,19)(H,20,21). The van der Waals surface area contributed by atoms with Crippen LogP contribution >= 0.6 is 0 Å². The molecular weight excluding hydrogens is 280 g/mol. The first kappa shape index (κ1) is 14.2. The molecule has 0 atom stereocenters. The molecule has 10 nitrogen and oxygen atoms in total. The molecule has 0 aliphatic heterocycles. The number of carboxylic acids is 1. The SMILES string of the molecule is Cn1cc(C(=O)Nc2cnn(C)c2C(N)=O)c(C(=O)O)n1. The number of aromatic nitrogens is 4. The zero-order chi connectivity index (χ0) is 15.7. The van der Waals surface area contributed by atoms with Gasteiger partial charge in [0, 0.05) is 20.3 Å². The topological polar surface area (TPSA) is 145 Å². The number of carbonyl (C=O) groups excluding carboxylic acids is 2. The molecule has 2 heterocycles. The van der Waals surface area contributed by atoms with Crippen LogP contribution in [0.2, 0.25) is 0 Å². The average molecular weight is 292 g/mol. The fraction of sp³-hybridized carbons (Fsp3) is 0.182. The molecule has 0 aliphatic rings. The lowest BCUT2D eigenvalue weighted by molar-refractivity contribution is 0.0685. The molecule has 0 saturated carbocycles. The van der Waals surface area contributed by atoms with Gasteiger partial charge in [0.05, 0.1) is 17.4 Å². The summed E-state index contributed by atoms with van der Waals surface area (Å²) in [5, 5.41) is 18.9. The number of anilines is 1. The third-order valence-electron chi connectivity index (χ3n) is 2.70. The molecule has 2 amide bonds. The maximum atomic E-state index is 12.1. The van der Waals surface area contributed by atoms with E-state index >= 15 is 0 Å². The zero-order valence-electron chi connectivity index (χ0n) is 11.2. The lowest BCUT2D eigenvalue weighted by Crippen LogP contribution is -2.21. The van der Waals surface area contributed by atoms with Crippen LogP contribution in [0.15, 0.2) is 12.4 Å². The minimum atomic E-state index is -1.33. The van der Waals surface area contributed by atoms with Gasteiger partial charge in [-0.1, -0.05) is 0 Å². The van der Waals surface area contributed by atoms with Crippen LogP contribution in [-0.2, 0) is 14.1 Å². The zero-order valence-corrected chi connectivity index (χ0v) is 11.2. The van der Waals surface area contributed by atoms with E-state index in [0.29, 0.717) is 0 Å². The molecule has 0 radical (unpaired) electrons. The van der Waals surface area contributed by atoms with Crippen molar-refractivity contribution in [2.24, 2.45) is 19.8 Å². The highest BCUT2D eigenvalue weighted by molar-refractivity contribution is 6.11. The molecule has 2 rings (SSSR count). The van der Waals surface area contributed by atoms with Crippen LogP contribution in [0.5, 0.6) is 0 Å². The van der Waals surface area contributed by atoms with Crippen LogP contribution in [0, 0.1) is 0 Å². The second-order valence-electron chi connectivity index (χ2n) is 4.22. The van der Waals surface area contributed by atoms with Gasteiger partial charge in [0.25, 0.3) is 11.8 Å². The fourth-order valence-corrected chi connectivity index (χ4v) is 1.82. The molecule has 0 unspecified atom stereocenters. The van der Waals surface area contributed by atoms with Crippen LogP contribution in [0.25, 0.3) is 0 Å². The number of nitrogens with two attached hydrogens (primary N) is 1. The van der Waals surface area contributed by atoms with Crippen molar-refractivity contribution >= 4 is 23.5 Å². The Morgan fingerprint density at radius 3 is 2.57 bits per heavy atom. The predicted octanol–water partition coefficient (Wildman–Crippen LogP) is -0.797. The Labute approximate surface area is 118 Å². The van der Waals surface area contributed by atoms with Crippen LogP contribution in [0.3, 0.4) is 0 Å². The number of hydrogen-bond acceptors (Lipinski definition) is 5. The number of rotatable bonds is 4. The second kappa shape index (κ2) is 5.07. The van der Waals surface area contributed by atoms with Gasteiger partial charge in [-0.25, -0.2) is 4.79 Å². The van der Waals surface area contributed by atoms with Gasteiger partial charge in [-0.2, -0.15) is 10.2 Å². The Hall–Kier alpha value is -3.17. The van der Waals surface area contributed by atoms with Gasteiger partial charge in [0.2, 0.25) is 0 Å². The van der Waals surface area contributed by atoms with Gasteiger partial charge in [-0.05, 0) is 0 Å². The van der Waals surface area contributed by atoms with E-state index in [0.717, 1.165) is 0 Å². The van der Waals surface area contributed by atoms with E-state index < -0.39 is 17.8 Å². The van der Waals surface area contributed by atoms with Crippen molar-refractivity contribution in [3.05, 3.63) is 29.3 Å². The van der Waals surface area contributed by atoms with E-state index in [1.165, 1.54) is 35.9 Å². The molecule has 21 heavy (non-hydrogen) atoms. The Morgan fingerprint density at radius 1 is 1.33 bits per heavy atom. The van der Waals surface area contributed by atoms with Crippen LogP contribution in [0.4, 0.5) is 5.69 Å². The first-order chi connectivity index (χ1) is 9.81. The first-order valence-corrected chi connectivity index (χ1v) is 5.71. The van der Waals surface area contributed by atoms with E-state index in [4.69, 9.17) is 10.8 Å². The lowest BCUT2D eigenvalue weighted by atomic mass is 10.2. The van der Waals surface area contributed by atoms with E-state index in [-0.39, 0.29) is 22.6 Å². The van der Waals surface area contributed by atoms with Crippen molar-refractivity contribution < 1.29 is 19.5 Å². The number of aryl methyl sites for hydroxylation is 2. The predicted molar refractivity (Wildman–Crippen MR) is 69.8 cm³/mol. The third kappa shape index (κ3) is 2.59. The highest BCUT2D eigenvalue weighted by Crippen LogP contribution is 2.16. The quantitative estimate of drug-likeness (QED) is 0.672. The molecule has 2 aromatic heterocycles. The number of carbonyl (C=O) groups is 3. The molecule has 0 aromatic carbocycles. The minimum Gasteiger partial charge on any atom is -0.476 e. The van der Waals surface area contributed by atoms with E-state index in [2.05, 4.69) is 15.5 Å². The smallest absolute Gasteiger partial charge is 0.357 e. The Kier molecular flexibility index (Phi) is 3.44. The van der Waals surface area contributed by atoms with Crippen molar-refractivity contribution in [3.8, 4) is 0 Å². The summed E-state index contributed by atoms with van der Waals surface area (Å²) < 4.78 is 2.41. The number of amides is 2. The van der Waals surface area contributed by atoms with Gasteiger partial charge < -0.3 is 16.2 Å². The van der Waals surface area contributed by atoms with Gasteiger partial charge in [-0.15, -0.1) is 0 Å². The monoisotopic (exact) mass is 292 g/mol. The van der Waals surface area contributed by atoms with Crippen LogP contribution < -0.4 is 11.1 Å². The number of aromatic carboxylic acids is 1. The van der Waals surface area contributed by atoms with E-state index in [1.54, 1.807) is 0 Å². The number of nitrogens with one attached hydrogen (secondary N) is 1. The molecule has 110 valence electrons. The largest absolute Gasteiger partial charge is 0.476 e. The van der Waals surface area contributed by atoms with Crippen molar-refractivity contribution in [1.29, 1.82) is 0 Å². The number of carboxylic acid groups (broad SMARTS) is 1. The number of hydrogen-bond donors (Lipinski definition) is 3. The Morgan fingerprint density at radius 2 is 2.00 bits per heavy atom. The lowest BCUT2D eigenvalue weighted by Gasteiger charge is -2.04. The molecule has 0 bridgehead atoms. The van der Waals surface area contributed by atoms with Crippen LogP contribution in [0.1, 0.15) is 31.3 Å². The van der Waals surface area contributed by atoms with Gasteiger partial charge >= 0.3 is 5.97 Å². The molecule has 4 N–H and O–H groups in total. The first-order valence-electron chi connectivity index (χ1n) is 5.71. The fourth-order valence-electron chi connectivity index (χ4n) is 1.82. The molecule has 0 spiro atoms. The van der Waals surface area contributed by atoms with Crippen molar-refractivity contribution in [2.45, 2.75) is 0 Å². The summed E-state index contributed by atoms with van der Waals surface area (Å²) >= 11 is 0. The molecule has 0 fully saturated rings. The Bertz CT molecular complexity index is 744. The average Bonchev–Trinajstić information content (AvgIpc) is 2.93. The summed E-state index contributed by atoms with van der Waals surface area (Å²) in [5.41, 5.74) is 4.77. The van der Waals surface area contributed by atoms with E-state index in [9.17, 15) is 14.4 Å². The van der Waals surface area contributed by atoms with Crippen molar-refractivity contribution in [3.63, 3.8) is 0 Å². The summed E-state index contributed by atoms with van der Waals surface area (Å²) in [6.45, 7) is 0. The normalized spacial score (nSPS) is 10.4. The summed E-state index contributed by atoms with van der Waals surface area (Å²) in [5.74, 6) is -2.83. The summed E-state index contributed by atoms with van der Waals surface area (Å²) in [4.78, 5) is 34.4. The maximum absolute atomic E-state index is 12.1. The summed E-state index contributed by atoms with van der Waals surface area (Å²) in [6, 6.07) is 0. The molecule has 0 aliphatic carbocycles. The van der Waals surface area contributed by atoms with E-state index in [1.807, 2.05) is 0 Å². The van der Waals surface area contributed by atoms with Gasteiger partial charge in [0.15, 0.2) is 5.69 Å². The van der Waals surface area contributed by atoms with Crippen LogP contribution in [-0.4, -0.2) is 42.5 Å². The summed E-state index contributed by atoms with van der Waals surface area (Å²) in [6.07, 6.45) is 2.51. The number of nitrogens with zero attached hydrogens (tertiary/aromatic N) is 4. The van der Waals surface area contributed by atoms with Gasteiger partial charge in [-0.3, -0.25) is 19.0 Å². The minimum absolute atomic E-state index is 0.00381. The maximum Gasteiger partial charge on any atom is 0.357 e. The second-order valence-corrected chi connectivity index (χ2v) is 4.22. The third-order valence-corrected chi connectivity index (χ3v) is 2.70. The van der Waals surface area contributed by atoms with Crippen molar-refractivity contribution in [1.82, 2.24) is 19.6 Å². The Balaban J connectivity index is 2.35.